The maximum atomic E-state index is 9.60. The first kappa shape index (κ1) is 12.8. The van der Waals surface area contributed by atoms with Crippen molar-refractivity contribution in [2.24, 2.45) is 5.73 Å². The first-order valence-electron chi connectivity index (χ1n) is 5.92. The molecule has 0 fully saturated rings. The number of rotatable bonds is 7. The first-order valence-corrected chi connectivity index (χ1v) is 5.92. The molecular weight excluding hydrogens is 202 g/mol. The number of phenols is 1. The summed E-state index contributed by atoms with van der Waals surface area (Å²) >= 11 is 0. The van der Waals surface area contributed by atoms with E-state index in [-0.39, 0.29) is 5.75 Å². The summed E-state index contributed by atoms with van der Waals surface area (Å²) in [6.45, 7) is 3.42. The van der Waals surface area contributed by atoms with Gasteiger partial charge < -0.3 is 15.6 Å². The molecule has 3 heteroatoms. The van der Waals surface area contributed by atoms with Gasteiger partial charge in [0.05, 0.1) is 6.61 Å². The van der Waals surface area contributed by atoms with E-state index in [4.69, 9.17) is 10.5 Å². The zero-order valence-corrected chi connectivity index (χ0v) is 9.91. The molecule has 0 amide bonds. The number of unbranched alkanes of at least 4 members (excludes halogenated alkanes) is 2. The monoisotopic (exact) mass is 223 g/mol. The van der Waals surface area contributed by atoms with Gasteiger partial charge in [0.2, 0.25) is 0 Å². The summed E-state index contributed by atoms with van der Waals surface area (Å²) in [5, 5.41) is 9.60. The van der Waals surface area contributed by atoms with Gasteiger partial charge >= 0.3 is 0 Å². The SMILES string of the molecule is CCCCCOc1cc(CCN)ccc1O. The molecule has 0 aliphatic rings. The van der Waals surface area contributed by atoms with E-state index >= 15 is 0 Å². The summed E-state index contributed by atoms with van der Waals surface area (Å²) in [5.41, 5.74) is 6.59. The number of nitrogens with two attached hydrogens (primary N) is 1. The van der Waals surface area contributed by atoms with Crippen LogP contribution in [0.1, 0.15) is 31.7 Å². The molecule has 16 heavy (non-hydrogen) atoms. The molecule has 0 saturated carbocycles. The van der Waals surface area contributed by atoms with Crippen molar-refractivity contribution in [1.82, 2.24) is 0 Å². The van der Waals surface area contributed by atoms with Crippen molar-refractivity contribution in [2.75, 3.05) is 13.2 Å². The fourth-order valence-corrected chi connectivity index (χ4v) is 1.53. The van der Waals surface area contributed by atoms with Gasteiger partial charge in [0.1, 0.15) is 0 Å². The lowest BCUT2D eigenvalue weighted by Gasteiger charge is -2.09. The second-order valence-corrected chi connectivity index (χ2v) is 3.90. The van der Waals surface area contributed by atoms with Crippen molar-refractivity contribution in [3.05, 3.63) is 23.8 Å². The van der Waals surface area contributed by atoms with Crippen molar-refractivity contribution in [3.63, 3.8) is 0 Å². The molecule has 0 radical (unpaired) electrons. The summed E-state index contributed by atoms with van der Waals surface area (Å²) in [6, 6.07) is 5.41. The lowest BCUT2D eigenvalue weighted by molar-refractivity contribution is 0.290. The third-order valence-corrected chi connectivity index (χ3v) is 2.46. The molecule has 1 rings (SSSR count). The second kappa shape index (κ2) is 7.12. The van der Waals surface area contributed by atoms with Gasteiger partial charge in [-0.15, -0.1) is 0 Å². The molecule has 1 aromatic carbocycles. The molecule has 0 saturated heterocycles. The smallest absolute Gasteiger partial charge is 0.161 e. The fraction of sp³-hybridized carbons (Fsp3) is 0.538. The van der Waals surface area contributed by atoms with Crippen molar-refractivity contribution in [3.8, 4) is 11.5 Å². The van der Waals surface area contributed by atoms with Crippen LogP contribution in [0.4, 0.5) is 0 Å². The maximum absolute atomic E-state index is 9.60. The minimum absolute atomic E-state index is 0.206. The van der Waals surface area contributed by atoms with Gasteiger partial charge in [0.15, 0.2) is 11.5 Å². The summed E-state index contributed by atoms with van der Waals surface area (Å²) in [6.07, 6.45) is 4.16. The van der Waals surface area contributed by atoms with Crippen LogP contribution >= 0.6 is 0 Å². The number of hydrogen-bond acceptors (Lipinski definition) is 3. The zero-order chi connectivity index (χ0) is 11.8. The van der Waals surface area contributed by atoms with E-state index < -0.39 is 0 Å². The van der Waals surface area contributed by atoms with E-state index in [0.717, 1.165) is 24.8 Å². The third kappa shape index (κ3) is 4.11. The highest BCUT2D eigenvalue weighted by molar-refractivity contribution is 5.41. The van der Waals surface area contributed by atoms with Crippen LogP contribution in [0.15, 0.2) is 18.2 Å². The Hall–Kier alpha value is -1.22. The number of aromatic hydroxyl groups is 1. The van der Waals surface area contributed by atoms with Crippen molar-refractivity contribution in [2.45, 2.75) is 32.6 Å². The van der Waals surface area contributed by atoms with Crippen LogP contribution in [-0.4, -0.2) is 18.3 Å². The van der Waals surface area contributed by atoms with E-state index in [9.17, 15) is 5.11 Å². The van der Waals surface area contributed by atoms with Crippen LogP contribution in [0.5, 0.6) is 11.5 Å². The Kier molecular flexibility index (Phi) is 5.72. The summed E-state index contributed by atoms with van der Waals surface area (Å²) in [5.74, 6) is 0.777. The lowest BCUT2D eigenvalue weighted by atomic mass is 10.1. The Morgan fingerprint density at radius 2 is 2.12 bits per heavy atom. The third-order valence-electron chi connectivity index (χ3n) is 2.46. The number of benzene rings is 1. The molecule has 0 aromatic heterocycles. The summed E-state index contributed by atoms with van der Waals surface area (Å²) in [4.78, 5) is 0. The van der Waals surface area contributed by atoms with E-state index in [0.29, 0.717) is 18.9 Å². The number of phenolic OH excluding ortho intramolecular Hbond substituents is 1. The van der Waals surface area contributed by atoms with E-state index in [1.807, 2.05) is 12.1 Å². The molecule has 3 nitrogen and oxygen atoms in total. The topological polar surface area (TPSA) is 55.5 Å². The minimum atomic E-state index is 0.206. The average molecular weight is 223 g/mol. The summed E-state index contributed by atoms with van der Waals surface area (Å²) < 4.78 is 5.54. The van der Waals surface area contributed by atoms with Gasteiger partial charge in [0, 0.05) is 0 Å². The number of ether oxygens (including phenoxy) is 1. The quantitative estimate of drug-likeness (QED) is 0.698. The van der Waals surface area contributed by atoms with Crippen molar-refractivity contribution in [1.29, 1.82) is 0 Å². The average Bonchev–Trinajstić information content (AvgIpc) is 2.29. The molecule has 0 bridgehead atoms. The van der Waals surface area contributed by atoms with Gasteiger partial charge in [-0.2, -0.15) is 0 Å². The normalized spacial score (nSPS) is 10.4. The van der Waals surface area contributed by atoms with Crippen LogP contribution in [0, 0.1) is 0 Å². The van der Waals surface area contributed by atoms with E-state index in [1.54, 1.807) is 6.07 Å². The molecule has 0 spiro atoms. The largest absolute Gasteiger partial charge is 0.504 e. The molecule has 0 atom stereocenters. The van der Waals surface area contributed by atoms with Gasteiger partial charge in [-0.1, -0.05) is 25.8 Å². The molecule has 0 aliphatic heterocycles. The highest BCUT2D eigenvalue weighted by atomic mass is 16.5. The van der Waals surface area contributed by atoms with E-state index in [1.165, 1.54) is 6.42 Å². The molecular formula is C13H21NO2. The van der Waals surface area contributed by atoms with Crippen LogP contribution in [0.3, 0.4) is 0 Å². The molecule has 3 N–H and O–H groups in total. The predicted molar refractivity (Wildman–Crippen MR) is 65.9 cm³/mol. The van der Waals surface area contributed by atoms with Crippen LogP contribution in [0.2, 0.25) is 0 Å². The molecule has 0 heterocycles. The Bertz CT molecular complexity index is 313. The Morgan fingerprint density at radius 3 is 2.81 bits per heavy atom. The van der Waals surface area contributed by atoms with Crippen molar-refractivity contribution >= 4 is 0 Å². The molecule has 0 aliphatic carbocycles. The second-order valence-electron chi connectivity index (χ2n) is 3.90. The van der Waals surface area contributed by atoms with Crippen LogP contribution in [0.25, 0.3) is 0 Å². The number of hydrogen-bond donors (Lipinski definition) is 2. The maximum Gasteiger partial charge on any atom is 0.161 e. The van der Waals surface area contributed by atoms with Gasteiger partial charge in [-0.05, 0) is 37.1 Å². The Morgan fingerprint density at radius 1 is 1.31 bits per heavy atom. The van der Waals surface area contributed by atoms with E-state index in [2.05, 4.69) is 6.92 Å². The summed E-state index contributed by atoms with van der Waals surface area (Å²) in [7, 11) is 0. The standard InChI is InChI=1S/C13H21NO2/c1-2-3-4-9-16-13-10-11(7-8-14)5-6-12(13)15/h5-6,10,15H,2-4,7-9,14H2,1H3. The van der Waals surface area contributed by atoms with Gasteiger partial charge in [-0.3, -0.25) is 0 Å². The highest BCUT2D eigenvalue weighted by Crippen LogP contribution is 2.27. The molecule has 0 unspecified atom stereocenters. The fourth-order valence-electron chi connectivity index (χ4n) is 1.53. The lowest BCUT2D eigenvalue weighted by Crippen LogP contribution is -2.03. The first-order chi connectivity index (χ1) is 7.77. The highest BCUT2D eigenvalue weighted by Gasteiger charge is 2.03. The van der Waals surface area contributed by atoms with Crippen molar-refractivity contribution < 1.29 is 9.84 Å². The predicted octanol–water partition coefficient (Wildman–Crippen LogP) is 2.46. The van der Waals surface area contributed by atoms with Crippen LogP contribution < -0.4 is 10.5 Å². The molecule has 90 valence electrons. The zero-order valence-electron chi connectivity index (χ0n) is 9.91. The Balaban J connectivity index is 2.52. The minimum Gasteiger partial charge on any atom is -0.504 e. The van der Waals surface area contributed by atoms with Gasteiger partial charge in [-0.25, -0.2) is 0 Å². The van der Waals surface area contributed by atoms with Gasteiger partial charge in [0.25, 0.3) is 0 Å². The van der Waals surface area contributed by atoms with Crippen LogP contribution in [-0.2, 0) is 6.42 Å². The Labute approximate surface area is 97.2 Å². The molecule has 1 aromatic rings.